The molecule has 0 bridgehead atoms. The topological polar surface area (TPSA) is 60.9 Å². The van der Waals surface area contributed by atoms with Crippen molar-refractivity contribution in [3.8, 4) is 0 Å². The molecule has 0 aliphatic carbocycles. The van der Waals surface area contributed by atoms with Crippen molar-refractivity contribution < 1.29 is 0 Å². The predicted molar refractivity (Wildman–Crippen MR) is 58.3 cm³/mol. The molecule has 1 aliphatic heterocycles. The molecule has 14 heavy (non-hydrogen) atoms. The summed E-state index contributed by atoms with van der Waals surface area (Å²) in [6, 6.07) is 0. The lowest BCUT2D eigenvalue weighted by atomic mass is 10.1. The molecule has 0 saturated carbocycles. The van der Waals surface area contributed by atoms with Crippen molar-refractivity contribution in [2.24, 2.45) is 5.92 Å². The van der Waals surface area contributed by atoms with E-state index in [0.29, 0.717) is 5.92 Å². The minimum Gasteiger partial charge on any atom is -0.393 e. The van der Waals surface area contributed by atoms with Gasteiger partial charge < -0.3 is 10.3 Å². The van der Waals surface area contributed by atoms with Gasteiger partial charge in [-0.3, -0.25) is 4.79 Å². The van der Waals surface area contributed by atoms with Gasteiger partial charge in [-0.1, -0.05) is 0 Å². The summed E-state index contributed by atoms with van der Waals surface area (Å²) in [6.07, 6.45) is 4.50. The fraction of sp³-hybridized carbons (Fsp3) is 0.556. The summed E-state index contributed by atoms with van der Waals surface area (Å²) >= 11 is 1.98. The molecule has 1 fully saturated rings. The minimum absolute atomic E-state index is 0.234. The number of aromatic nitrogens is 2. The van der Waals surface area contributed by atoms with Gasteiger partial charge in [0.05, 0.1) is 6.33 Å². The first-order valence-electron chi connectivity index (χ1n) is 4.65. The maximum atomic E-state index is 11.0. The highest BCUT2D eigenvalue weighted by molar-refractivity contribution is 7.99. The molecule has 0 amide bonds. The molecular weight excluding hydrogens is 198 g/mol. The zero-order chi connectivity index (χ0) is 9.97. The van der Waals surface area contributed by atoms with E-state index in [0.717, 1.165) is 6.54 Å². The maximum absolute atomic E-state index is 11.0. The summed E-state index contributed by atoms with van der Waals surface area (Å²) in [6.45, 7) is 0.921. The van der Waals surface area contributed by atoms with Crippen molar-refractivity contribution in [3.05, 3.63) is 22.9 Å². The number of thioether (sulfide) groups is 1. The second-order valence-corrected chi connectivity index (χ2v) is 4.71. The number of nitrogen functional groups attached to an aromatic ring is 1. The molecule has 2 heterocycles. The molecule has 0 aromatic carbocycles. The normalized spacial score (nSPS) is 21.3. The van der Waals surface area contributed by atoms with Crippen LogP contribution in [0.15, 0.2) is 17.3 Å². The molecule has 76 valence electrons. The van der Waals surface area contributed by atoms with Gasteiger partial charge in [0, 0.05) is 12.7 Å². The Kier molecular flexibility index (Phi) is 2.77. The Morgan fingerprint density at radius 3 is 3.21 bits per heavy atom. The number of nitrogens with zero attached hydrogens (tertiary/aromatic N) is 2. The van der Waals surface area contributed by atoms with E-state index in [1.807, 2.05) is 16.3 Å². The third-order valence-electron chi connectivity index (χ3n) is 2.37. The van der Waals surface area contributed by atoms with Gasteiger partial charge in [-0.2, -0.15) is 16.7 Å². The Morgan fingerprint density at radius 2 is 2.57 bits per heavy atom. The molecule has 2 N–H and O–H groups in total. The first kappa shape index (κ1) is 9.58. The summed E-state index contributed by atoms with van der Waals surface area (Å²) < 4.78 is 1.91. The van der Waals surface area contributed by atoms with Crippen LogP contribution in [-0.2, 0) is 6.54 Å². The van der Waals surface area contributed by atoms with Gasteiger partial charge in [-0.05, 0) is 23.8 Å². The van der Waals surface area contributed by atoms with Crippen molar-refractivity contribution in [1.29, 1.82) is 0 Å². The Labute approximate surface area is 86.5 Å². The van der Waals surface area contributed by atoms with Crippen LogP contribution in [-0.4, -0.2) is 21.1 Å². The summed E-state index contributed by atoms with van der Waals surface area (Å²) in [5.41, 5.74) is 5.40. The zero-order valence-electron chi connectivity index (χ0n) is 7.85. The monoisotopic (exact) mass is 211 g/mol. The Morgan fingerprint density at radius 1 is 1.71 bits per heavy atom. The van der Waals surface area contributed by atoms with Crippen molar-refractivity contribution in [3.63, 3.8) is 0 Å². The fourth-order valence-electron chi connectivity index (χ4n) is 1.59. The molecular formula is C9H13N3OS. The number of nitrogens with two attached hydrogens (primary N) is 1. The lowest BCUT2D eigenvalue weighted by molar-refractivity contribution is 0.486. The number of anilines is 1. The van der Waals surface area contributed by atoms with E-state index in [4.69, 9.17) is 5.73 Å². The second-order valence-electron chi connectivity index (χ2n) is 3.56. The Bertz CT molecular complexity index is 371. The van der Waals surface area contributed by atoms with E-state index in [9.17, 15) is 4.79 Å². The molecule has 1 aliphatic rings. The highest BCUT2D eigenvalue weighted by atomic mass is 32.2. The molecule has 1 unspecified atom stereocenters. The zero-order valence-corrected chi connectivity index (χ0v) is 8.67. The van der Waals surface area contributed by atoms with E-state index < -0.39 is 0 Å². The number of hydrogen-bond donors (Lipinski definition) is 1. The maximum Gasteiger partial charge on any atom is 0.295 e. The average molecular weight is 211 g/mol. The van der Waals surface area contributed by atoms with Crippen LogP contribution >= 0.6 is 11.8 Å². The van der Waals surface area contributed by atoms with Crippen LogP contribution in [0.4, 0.5) is 5.69 Å². The van der Waals surface area contributed by atoms with Gasteiger partial charge in [0.15, 0.2) is 0 Å². The lowest BCUT2D eigenvalue weighted by Gasteiger charge is -2.10. The molecule has 0 radical (unpaired) electrons. The van der Waals surface area contributed by atoms with E-state index in [1.165, 1.54) is 17.9 Å². The number of hydrogen-bond acceptors (Lipinski definition) is 4. The standard InChI is InChI=1S/C9H13N3OS/c10-8-4-12(6-11-9(8)13)3-7-1-2-14-5-7/h4,6-7H,1-3,5,10H2. The minimum atomic E-state index is -0.331. The van der Waals surface area contributed by atoms with Gasteiger partial charge in [-0.15, -0.1) is 0 Å². The molecule has 1 aromatic heterocycles. The average Bonchev–Trinajstić information content (AvgIpc) is 2.64. The molecule has 4 nitrogen and oxygen atoms in total. The molecule has 1 saturated heterocycles. The summed E-state index contributed by atoms with van der Waals surface area (Å²) in [4.78, 5) is 14.7. The first-order valence-corrected chi connectivity index (χ1v) is 5.80. The second kappa shape index (κ2) is 4.04. The van der Waals surface area contributed by atoms with Crippen molar-refractivity contribution in [2.45, 2.75) is 13.0 Å². The third-order valence-corrected chi connectivity index (χ3v) is 3.60. The molecule has 0 spiro atoms. The highest BCUT2D eigenvalue weighted by Gasteiger charge is 2.15. The highest BCUT2D eigenvalue weighted by Crippen LogP contribution is 2.24. The van der Waals surface area contributed by atoms with E-state index in [2.05, 4.69) is 4.98 Å². The van der Waals surface area contributed by atoms with E-state index >= 15 is 0 Å². The van der Waals surface area contributed by atoms with Gasteiger partial charge in [0.25, 0.3) is 5.56 Å². The molecule has 1 atom stereocenters. The van der Waals surface area contributed by atoms with Crippen LogP contribution in [0, 0.1) is 5.92 Å². The largest absolute Gasteiger partial charge is 0.393 e. The summed E-state index contributed by atoms with van der Waals surface area (Å²) in [7, 11) is 0. The SMILES string of the molecule is Nc1cn(CC2CCSC2)cnc1=O. The summed E-state index contributed by atoms with van der Waals surface area (Å²) in [5.74, 6) is 3.14. The molecule has 1 aromatic rings. The van der Waals surface area contributed by atoms with Gasteiger partial charge >= 0.3 is 0 Å². The summed E-state index contributed by atoms with van der Waals surface area (Å²) in [5, 5.41) is 0. The smallest absolute Gasteiger partial charge is 0.295 e. The van der Waals surface area contributed by atoms with Crippen LogP contribution < -0.4 is 11.3 Å². The van der Waals surface area contributed by atoms with Crippen LogP contribution in [0.3, 0.4) is 0 Å². The van der Waals surface area contributed by atoms with Crippen molar-refractivity contribution >= 4 is 17.4 Å². The first-order chi connectivity index (χ1) is 6.75. The van der Waals surface area contributed by atoms with Gasteiger partial charge in [0.2, 0.25) is 0 Å². The fourth-order valence-corrected chi connectivity index (χ4v) is 2.87. The van der Waals surface area contributed by atoms with Gasteiger partial charge in [0.1, 0.15) is 5.69 Å². The predicted octanol–water partition coefficient (Wildman–Crippen LogP) is 0.579. The van der Waals surface area contributed by atoms with Crippen LogP contribution in [0.25, 0.3) is 0 Å². The van der Waals surface area contributed by atoms with E-state index in [-0.39, 0.29) is 11.2 Å². The van der Waals surface area contributed by atoms with Crippen molar-refractivity contribution in [1.82, 2.24) is 9.55 Å². The Balaban J connectivity index is 2.09. The van der Waals surface area contributed by atoms with Crippen LogP contribution in [0.2, 0.25) is 0 Å². The quantitative estimate of drug-likeness (QED) is 0.777. The lowest BCUT2D eigenvalue weighted by Crippen LogP contribution is -2.18. The molecule has 2 rings (SSSR count). The van der Waals surface area contributed by atoms with E-state index in [1.54, 1.807) is 12.5 Å². The molecule has 5 heteroatoms. The third kappa shape index (κ3) is 2.09. The van der Waals surface area contributed by atoms with Crippen molar-refractivity contribution in [2.75, 3.05) is 17.2 Å². The number of rotatable bonds is 2. The van der Waals surface area contributed by atoms with Crippen LogP contribution in [0.5, 0.6) is 0 Å². The van der Waals surface area contributed by atoms with Crippen LogP contribution in [0.1, 0.15) is 6.42 Å². The Hall–Kier alpha value is -0.970. The van der Waals surface area contributed by atoms with Gasteiger partial charge in [-0.25, -0.2) is 0 Å².